The van der Waals surface area contributed by atoms with Crippen molar-refractivity contribution >= 4 is 18.0 Å². The first kappa shape index (κ1) is 13.5. The maximum absolute atomic E-state index is 7.64. The summed E-state index contributed by atoms with van der Waals surface area (Å²) in [6, 6.07) is 18.0. The van der Waals surface area contributed by atoms with Crippen LogP contribution in [-0.2, 0) is 5.41 Å². The van der Waals surface area contributed by atoms with Crippen molar-refractivity contribution in [3.8, 4) is 0 Å². The first-order valence-corrected chi connectivity index (χ1v) is 9.85. The Bertz CT molecular complexity index is 868. The predicted molar refractivity (Wildman–Crippen MR) is 103 cm³/mol. The molecule has 2 atom stereocenters. The van der Waals surface area contributed by atoms with E-state index < -0.39 is 0 Å². The quantitative estimate of drug-likeness (QED) is 0.421. The second-order valence-electron chi connectivity index (χ2n) is 6.72. The fourth-order valence-corrected chi connectivity index (χ4v) is 4.79. The third-order valence-corrected chi connectivity index (χ3v) is 6.25. The Morgan fingerprint density at radius 2 is 2.12 bits per heavy atom. The number of allylic oxidation sites excluding steroid dienone is 1. The molecule has 2 heterocycles. The van der Waals surface area contributed by atoms with E-state index in [1.165, 1.54) is 34.4 Å². The summed E-state index contributed by atoms with van der Waals surface area (Å²) in [7, 11) is 0. The van der Waals surface area contributed by atoms with Crippen molar-refractivity contribution in [2.45, 2.75) is 35.6 Å². The maximum Gasteiger partial charge on any atom is 0.178 e. The molecule has 0 bridgehead atoms. The first-order chi connectivity index (χ1) is 12.6. The third-order valence-electron chi connectivity index (χ3n) is 5.51. The van der Waals surface area contributed by atoms with Gasteiger partial charge in [0.2, 0.25) is 0 Å². The van der Waals surface area contributed by atoms with E-state index in [9.17, 15) is 0 Å². The Labute approximate surface area is 151 Å². The standard InChI is InChI=1S/C22H24NS/c1-3-14-22(17-10-12-18(24-2)13-11-17)16-23-15-6-9-21(23)19-7-4-5-8-20(19)22/h3-5,7-8,10-13,16,21H,1,6,9,14-15H2,2H3/q+1/t21-,22+/m1/s1/i1D2. The molecule has 2 aromatic carbocycles. The molecule has 0 saturated carbocycles. The van der Waals surface area contributed by atoms with Gasteiger partial charge < -0.3 is 0 Å². The molecule has 1 saturated heterocycles. The Morgan fingerprint density at radius 3 is 2.92 bits per heavy atom. The lowest BCUT2D eigenvalue weighted by molar-refractivity contribution is -0.550. The van der Waals surface area contributed by atoms with Crippen LogP contribution in [0, 0.1) is 0 Å². The summed E-state index contributed by atoms with van der Waals surface area (Å²) in [6.45, 7) is 0.974. The van der Waals surface area contributed by atoms with Gasteiger partial charge in [-0.05, 0) is 35.9 Å². The number of thioether (sulfide) groups is 1. The Kier molecular flexibility index (Phi) is 3.51. The maximum atomic E-state index is 7.64. The van der Waals surface area contributed by atoms with Crippen molar-refractivity contribution in [2.75, 3.05) is 12.8 Å². The van der Waals surface area contributed by atoms with Crippen molar-refractivity contribution < 1.29 is 7.32 Å². The summed E-state index contributed by atoms with van der Waals surface area (Å²) in [6.07, 6.45) is 9.29. The minimum absolute atomic E-state index is 0.112. The second-order valence-corrected chi connectivity index (χ2v) is 7.60. The molecule has 1 nitrogen and oxygen atoms in total. The van der Waals surface area contributed by atoms with Crippen LogP contribution in [0.25, 0.3) is 0 Å². The number of nitrogens with zero attached hydrogens (tertiary/aromatic N) is 1. The number of benzene rings is 2. The van der Waals surface area contributed by atoms with Gasteiger partial charge in [-0.25, -0.2) is 4.58 Å². The molecule has 0 amide bonds. The molecule has 0 aromatic heterocycles. The molecule has 122 valence electrons. The highest BCUT2D eigenvalue weighted by Gasteiger charge is 2.46. The molecular weight excluding hydrogens is 310 g/mol. The van der Waals surface area contributed by atoms with Gasteiger partial charge in [-0.1, -0.05) is 42.5 Å². The third kappa shape index (κ3) is 2.36. The van der Waals surface area contributed by atoms with Crippen LogP contribution in [0.4, 0.5) is 0 Å². The number of rotatable bonds is 4. The van der Waals surface area contributed by atoms with E-state index in [2.05, 4.69) is 65.6 Å². The van der Waals surface area contributed by atoms with E-state index >= 15 is 0 Å². The zero-order valence-electron chi connectivity index (χ0n) is 16.0. The van der Waals surface area contributed by atoms with Crippen molar-refractivity contribution in [1.29, 1.82) is 0 Å². The number of fused-ring (bicyclic) bond motifs is 3. The summed E-state index contributed by atoms with van der Waals surface area (Å²) in [4.78, 5) is 1.25. The normalized spacial score (nSPS) is 25.9. The van der Waals surface area contributed by atoms with E-state index in [0.717, 1.165) is 6.54 Å². The summed E-state index contributed by atoms with van der Waals surface area (Å²) >= 11 is 1.75. The molecule has 0 aliphatic carbocycles. The minimum Gasteiger partial charge on any atom is -0.231 e. The average molecular weight is 337 g/mol. The predicted octanol–water partition coefficient (Wildman–Crippen LogP) is 5.20. The van der Waals surface area contributed by atoms with Gasteiger partial charge in [0.1, 0.15) is 12.0 Å². The molecule has 24 heavy (non-hydrogen) atoms. The number of hydrogen-bond acceptors (Lipinski definition) is 1. The Hall–Kier alpha value is -1.80. The van der Waals surface area contributed by atoms with E-state index in [1.54, 1.807) is 17.8 Å². The molecule has 0 N–H and O–H groups in total. The van der Waals surface area contributed by atoms with Crippen LogP contribution in [0.3, 0.4) is 0 Å². The summed E-state index contributed by atoms with van der Waals surface area (Å²) in [5.41, 5.74) is 3.68. The Balaban J connectivity index is 1.94. The van der Waals surface area contributed by atoms with Crippen LogP contribution >= 0.6 is 11.8 Å². The Morgan fingerprint density at radius 1 is 1.29 bits per heavy atom. The van der Waals surface area contributed by atoms with Crippen molar-refractivity contribution in [2.24, 2.45) is 0 Å². The van der Waals surface area contributed by atoms with Gasteiger partial charge >= 0.3 is 0 Å². The van der Waals surface area contributed by atoms with Gasteiger partial charge in [0, 0.05) is 23.3 Å². The van der Waals surface area contributed by atoms with Gasteiger partial charge in [-0.3, -0.25) is 0 Å². The lowest BCUT2D eigenvalue weighted by Gasteiger charge is -2.35. The molecule has 2 aliphatic rings. The van der Waals surface area contributed by atoms with Crippen molar-refractivity contribution in [3.05, 3.63) is 77.8 Å². The van der Waals surface area contributed by atoms with Gasteiger partial charge in [0.15, 0.2) is 12.3 Å². The molecule has 0 unspecified atom stereocenters. The van der Waals surface area contributed by atoms with Gasteiger partial charge in [-0.15, -0.1) is 18.3 Å². The van der Waals surface area contributed by atoms with Gasteiger partial charge in [0.25, 0.3) is 0 Å². The zero-order chi connectivity index (χ0) is 18.1. The van der Waals surface area contributed by atoms with Crippen molar-refractivity contribution in [3.63, 3.8) is 0 Å². The average Bonchev–Trinajstić information content (AvgIpc) is 3.14. The molecule has 4 rings (SSSR count). The van der Waals surface area contributed by atoms with Gasteiger partial charge in [-0.2, -0.15) is 0 Å². The summed E-state index contributed by atoms with van der Waals surface area (Å²) in [5, 5.41) is 0. The van der Waals surface area contributed by atoms with E-state index in [-0.39, 0.29) is 11.9 Å². The topological polar surface area (TPSA) is 3.01 Å². The smallest absolute Gasteiger partial charge is 0.178 e. The minimum atomic E-state index is -0.304. The fraction of sp³-hybridized carbons (Fsp3) is 0.318. The van der Waals surface area contributed by atoms with Crippen LogP contribution in [0.5, 0.6) is 0 Å². The van der Waals surface area contributed by atoms with Crippen LogP contribution < -0.4 is 0 Å². The van der Waals surface area contributed by atoms with E-state index in [4.69, 9.17) is 2.74 Å². The SMILES string of the molecule is [2H]C([2H])=CC[C@@]1(c2ccc(SC)cc2)C=[N+]2CCC[C@@H]2c2ccccc21. The van der Waals surface area contributed by atoms with E-state index in [1.807, 2.05) is 0 Å². The van der Waals surface area contributed by atoms with Crippen LogP contribution in [0.2, 0.25) is 0 Å². The number of hydrogen-bond donors (Lipinski definition) is 0. The molecule has 2 aliphatic heterocycles. The molecule has 0 radical (unpaired) electrons. The lowest BCUT2D eigenvalue weighted by Crippen LogP contribution is -2.39. The summed E-state index contributed by atoms with van der Waals surface area (Å²) < 4.78 is 17.8. The van der Waals surface area contributed by atoms with Crippen LogP contribution in [0.15, 0.2) is 66.0 Å². The largest absolute Gasteiger partial charge is 0.231 e. The second kappa shape index (κ2) is 6.25. The highest BCUT2D eigenvalue weighted by molar-refractivity contribution is 7.98. The molecular formula is C22H24NS+. The van der Waals surface area contributed by atoms with Crippen molar-refractivity contribution in [1.82, 2.24) is 0 Å². The fourth-order valence-electron chi connectivity index (χ4n) is 4.38. The summed E-state index contributed by atoms with van der Waals surface area (Å²) in [5.74, 6) is 0. The zero-order valence-corrected chi connectivity index (χ0v) is 14.9. The molecule has 2 heteroatoms. The van der Waals surface area contributed by atoms with Crippen LogP contribution in [-0.4, -0.2) is 23.6 Å². The van der Waals surface area contributed by atoms with E-state index in [0.29, 0.717) is 12.5 Å². The highest BCUT2D eigenvalue weighted by atomic mass is 32.2. The first-order valence-electron chi connectivity index (χ1n) is 9.63. The van der Waals surface area contributed by atoms with Crippen LogP contribution in [0.1, 0.15) is 44.7 Å². The molecule has 0 spiro atoms. The molecule has 1 fully saturated rings. The lowest BCUT2D eigenvalue weighted by atomic mass is 9.69. The molecule has 2 aromatic rings. The highest BCUT2D eigenvalue weighted by Crippen LogP contribution is 2.45. The van der Waals surface area contributed by atoms with Gasteiger partial charge in [0.05, 0.1) is 2.74 Å². The monoisotopic (exact) mass is 336 g/mol.